The Morgan fingerprint density at radius 1 is 0.921 bits per heavy atom. The number of nitrogens with one attached hydrogen (secondary N) is 1. The zero-order chi connectivity index (χ0) is 27.4. The molecule has 5 N–H and O–H groups in total. The van der Waals surface area contributed by atoms with Crippen LogP contribution in [0.25, 0.3) is 0 Å². The molecule has 0 saturated carbocycles. The Morgan fingerprint density at radius 2 is 1.55 bits per heavy atom. The first kappa shape index (κ1) is 26.4. The van der Waals surface area contributed by atoms with Gasteiger partial charge in [0.25, 0.3) is 11.8 Å². The summed E-state index contributed by atoms with van der Waals surface area (Å²) in [6.07, 6.45) is 0. The quantitative estimate of drug-likeness (QED) is 0.312. The van der Waals surface area contributed by atoms with Gasteiger partial charge in [-0.05, 0) is 65.1 Å². The Kier molecular flexibility index (Phi) is 7.72. The third kappa shape index (κ3) is 5.65. The van der Waals surface area contributed by atoms with E-state index in [1.807, 2.05) is 0 Å². The summed E-state index contributed by atoms with van der Waals surface area (Å²) in [4.78, 5) is 39.9. The first-order valence-corrected chi connectivity index (χ1v) is 11.8. The van der Waals surface area contributed by atoms with Crippen molar-refractivity contribution in [3.8, 4) is 0 Å². The van der Waals surface area contributed by atoms with Crippen LogP contribution < -0.4 is 21.7 Å². The number of hydrogen-bond donors (Lipinski definition) is 3. The number of carbonyl (C=O) groups is 3. The molecular formula is C26H20F3N5O3S. The summed E-state index contributed by atoms with van der Waals surface area (Å²) in [5.74, 6) is -4.27. The minimum Gasteiger partial charge on any atom is -0.395 e. The van der Waals surface area contributed by atoms with Crippen LogP contribution in [-0.4, -0.2) is 22.1 Å². The normalized spacial score (nSPS) is 11.6. The zero-order valence-corrected chi connectivity index (χ0v) is 20.3. The van der Waals surface area contributed by atoms with Crippen LogP contribution in [0.3, 0.4) is 0 Å². The minimum atomic E-state index is -1.44. The first-order chi connectivity index (χ1) is 18.2. The highest BCUT2D eigenvalue weighted by Crippen LogP contribution is 2.33. The molecule has 0 aliphatic carbocycles. The summed E-state index contributed by atoms with van der Waals surface area (Å²) in [5, 5.41) is 2.68. The summed E-state index contributed by atoms with van der Waals surface area (Å²) in [5.41, 5.74) is 11.4. The first-order valence-electron chi connectivity index (χ1n) is 11.1. The molecule has 4 rings (SSSR count). The topological polar surface area (TPSA) is 131 Å². The van der Waals surface area contributed by atoms with Crippen LogP contribution in [0.4, 0.5) is 24.5 Å². The van der Waals surface area contributed by atoms with Crippen LogP contribution in [0.15, 0.2) is 72.8 Å². The van der Waals surface area contributed by atoms with Crippen LogP contribution in [0, 0.1) is 17.5 Å². The lowest BCUT2D eigenvalue weighted by Crippen LogP contribution is -2.44. The molecule has 1 aromatic heterocycles. The average Bonchev–Trinajstić information content (AvgIpc) is 3.28. The molecule has 38 heavy (non-hydrogen) atoms. The van der Waals surface area contributed by atoms with Crippen LogP contribution >= 0.6 is 11.5 Å². The van der Waals surface area contributed by atoms with Gasteiger partial charge in [-0.25, -0.2) is 13.2 Å². The molecule has 1 heterocycles. The van der Waals surface area contributed by atoms with Crippen LogP contribution in [0.2, 0.25) is 0 Å². The fourth-order valence-corrected chi connectivity index (χ4v) is 4.44. The Bertz CT molecular complexity index is 1490. The predicted octanol–water partition coefficient (Wildman–Crippen LogP) is 3.95. The molecule has 1 atom stereocenters. The summed E-state index contributed by atoms with van der Waals surface area (Å²) in [6, 6.07) is 13.7. The van der Waals surface area contributed by atoms with E-state index >= 15 is 0 Å². The number of rotatable bonds is 8. The molecule has 0 saturated heterocycles. The lowest BCUT2D eigenvalue weighted by Gasteiger charge is -2.31. The van der Waals surface area contributed by atoms with Crippen molar-refractivity contribution in [1.29, 1.82) is 0 Å². The second-order valence-electron chi connectivity index (χ2n) is 8.09. The zero-order valence-electron chi connectivity index (χ0n) is 19.5. The van der Waals surface area contributed by atoms with E-state index in [2.05, 4.69) is 9.69 Å². The lowest BCUT2D eigenvalue weighted by molar-refractivity contribution is -0.122. The van der Waals surface area contributed by atoms with Crippen molar-refractivity contribution in [3.63, 3.8) is 0 Å². The van der Waals surface area contributed by atoms with Crippen molar-refractivity contribution in [2.24, 2.45) is 5.73 Å². The Hall–Kier alpha value is -4.71. The SMILES string of the molecule is NC(=O)c1nsc(C(=O)N(c2cccc(F)c2)[C@@H](C(=O)NCc2ccc(F)cc2)c2ccc(F)cc2)c1N. The average molecular weight is 540 g/mol. The van der Waals surface area contributed by atoms with Gasteiger partial charge in [-0.3, -0.25) is 19.3 Å². The van der Waals surface area contributed by atoms with E-state index in [0.717, 1.165) is 29.2 Å². The smallest absolute Gasteiger partial charge is 0.273 e. The number of nitrogens with zero attached hydrogens (tertiary/aromatic N) is 2. The Balaban J connectivity index is 1.81. The molecule has 8 nitrogen and oxygen atoms in total. The van der Waals surface area contributed by atoms with Gasteiger partial charge in [0.1, 0.15) is 28.4 Å². The molecule has 12 heteroatoms. The third-order valence-corrected chi connectivity index (χ3v) is 6.38. The molecule has 0 aliphatic rings. The second kappa shape index (κ2) is 11.1. The number of nitrogens with two attached hydrogens (primary N) is 2. The van der Waals surface area contributed by atoms with Gasteiger partial charge in [0.05, 0.1) is 5.69 Å². The van der Waals surface area contributed by atoms with Gasteiger partial charge in [0, 0.05) is 12.2 Å². The maximum atomic E-state index is 14.3. The number of amides is 3. The van der Waals surface area contributed by atoms with Crippen LogP contribution in [0.5, 0.6) is 0 Å². The number of nitrogen functional groups attached to an aromatic ring is 1. The molecule has 0 radical (unpaired) electrons. The molecule has 194 valence electrons. The lowest BCUT2D eigenvalue weighted by atomic mass is 10.0. The van der Waals surface area contributed by atoms with E-state index in [4.69, 9.17) is 11.5 Å². The third-order valence-electron chi connectivity index (χ3n) is 5.53. The summed E-state index contributed by atoms with van der Waals surface area (Å²) < 4.78 is 45.2. The maximum absolute atomic E-state index is 14.3. The highest BCUT2D eigenvalue weighted by atomic mass is 32.1. The van der Waals surface area contributed by atoms with Crippen LogP contribution in [-0.2, 0) is 11.3 Å². The molecule has 0 spiro atoms. The second-order valence-corrected chi connectivity index (χ2v) is 8.87. The van der Waals surface area contributed by atoms with Crippen molar-refractivity contribution < 1.29 is 27.6 Å². The number of aromatic nitrogens is 1. The Labute approximate surface area is 218 Å². The minimum absolute atomic E-state index is 0.0188. The van der Waals surface area contributed by atoms with Crippen molar-refractivity contribution in [2.75, 3.05) is 10.6 Å². The molecule has 0 unspecified atom stereocenters. The molecular weight excluding hydrogens is 519 g/mol. The van der Waals surface area contributed by atoms with Gasteiger partial charge in [-0.2, -0.15) is 4.37 Å². The van der Waals surface area contributed by atoms with Gasteiger partial charge in [-0.15, -0.1) is 0 Å². The van der Waals surface area contributed by atoms with E-state index in [0.29, 0.717) is 17.1 Å². The Morgan fingerprint density at radius 3 is 2.13 bits per heavy atom. The largest absolute Gasteiger partial charge is 0.395 e. The van der Waals surface area contributed by atoms with Crippen molar-refractivity contribution in [1.82, 2.24) is 9.69 Å². The van der Waals surface area contributed by atoms with Gasteiger partial charge < -0.3 is 16.8 Å². The predicted molar refractivity (Wildman–Crippen MR) is 136 cm³/mol. The van der Waals surface area contributed by atoms with Crippen molar-refractivity contribution in [2.45, 2.75) is 12.6 Å². The number of anilines is 2. The number of benzene rings is 3. The standard InChI is InChI=1S/C26H20F3N5O3S/c27-16-8-4-14(5-9-16)13-32-25(36)22(15-6-10-17(28)11-7-15)34(19-3-1-2-18(29)12-19)26(37)23-20(30)21(24(31)35)33-38-23/h1-12,22H,13,30H2,(H2,31,35)(H,32,36)/t22-/m1/s1. The number of carbonyl (C=O) groups excluding carboxylic acids is 3. The maximum Gasteiger partial charge on any atom is 0.273 e. The van der Waals surface area contributed by atoms with Gasteiger partial charge >= 0.3 is 0 Å². The van der Waals surface area contributed by atoms with Crippen molar-refractivity contribution in [3.05, 3.63) is 112 Å². The summed E-state index contributed by atoms with van der Waals surface area (Å²) in [7, 11) is 0. The summed E-state index contributed by atoms with van der Waals surface area (Å²) in [6.45, 7) is -0.0312. The monoisotopic (exact) mass is 539 g/mol. The molecule has 0 aliphatic heterocycles. The van der Waals surface area contributed by atoms with E-state index in [1.165, 1.54) is 48.5 Å². The van der Waals surface area contributed by atoms with E-state index in [1.54, 1.807) is 0 Å². The fourth-order valence-electron chi connectivity index (χ4n) is 3.70. The highest BCUT2D eigenvalue weighted by Gasteiger charge is 2.36. The van der Waals surface area contributed by atoms with E-state index in [9.17, 15) is 27.6 Å². The van der Waals surface area contributed by atoms with E-state index < -0.39 is 41.2 Å². The van der Waals surface area contributed by atoms with Gasteiger partial charge in [0.2, 0.25) is 5.91 Å². The van der Waals surface area contributed by atoms with Crippen molar-refractivity contribution >= 4 is 40.6 Å². The number of primary amides is 1. The van der Waals surface area contributed by atoms with Crippen LogP contribution in [0.1, 0.15) is 37.3 Å². The molecule has 3 amide bonds. The molecule has 0 fully saturated rings. The molecule has 0 bridgehead atoms. The molecule has 4 aromatic rings. The fraction of sp³-hybridized carbons (Fsp3) is 0.0769. The highest BCUT2D eigenvalue weighted by molar-refractivity contribution is 7.09. The van der Waals surface area contributed by atoms with E-state index in [-0.39, 0.29) is 34.1 Å². The number of hydrogen-bond acceptors (Lipinski definition) is 6. The number of halogens is 3. The van der Waals surface area contributed by atoms with Gasteiger partial charge in [0.15, 0.2) is 5.69 Å². The summed E-state index contributed by atoms with van der Waals surface area (Å²) >= 11 is 0.590. The molecule has 3 aromatic carbocycles. The van der Waals surface area contributed by atoms with Gasteiger partial charge in [-0.1, -0.05) is 30.3 Å².